The minimum Gasteiger partial charge on any atom is -0.365 e. The van der Waals surface area contributed by atoms with E-state index < -0.39 is 0 Å². The van der Waals surface area contributed by atoms with E-state index in [2.05, 4.69) is 151 Å². The van der Waals surface area contributed by atoms with Crippen LogP contribution in [0.15, 0.2) is 157 Å². The summed E-state index contributed by atoms with van der Waals surface area (Å²) in [6, 6.07) is 21.8. The number of hydrogen-bond acceptors (Lipinski definition) is 1. The summed E-state index contributed by atoms with van der Waals surface area (Å²) in [5, 5.41) is 0. The summed E-state index contributed by atoms with van der Waals surface area (Å²) in [6.45, 7) is 2.54. The molecule has 0 aliphatic heterocycles. The number of nitrogens with zero attached hydrogens (tertiary/aromatic N) is 1. The number of rotatable bonds is 5. The standard InChI is InChI=1S/C50H53N/c1-34-32-38(36-16-6-3-7-17-36)26-31-49(34)51(39-27-24-37(25-28-39)35-14-4-2-5-15-35)40-29-30-44-43-20-10-13-23-47(43)50(48(44)33-40)45-21-11-8-18-41(45)42-19-9-12-22-46(42)50/h2-4,6-14,16-23,30-31,33-34,37-42,45-46H,5,15,24-29,32H2,1H3. The Bertz CT molecular complexity index is 1910. The quantitative estimate of drug-likeness (QED) is 0.307. The van der Waals surface area contributed by atoms with Crippen LogP contribution in [-0.2, 0) is 5.41 Å². The molecule has 2 fully saturated rings. The van der Waals surface area contributed by atoms with Crippen LogP contribution < -0.4 is 0 Å². The van der Waals surface area contributed by atoms with E-state index in [1.165, 1.54) is 61.6 Å². The SMILES string of the molecule is CC1CC(c2ccccc2)CC=C1N(C1C=C2C(=CC1)c1ccccc1C21C2C=CC=CC2C2C=CC=CC21)C1CCC(C2=CC=CCC2)CC1. The fourth-order valence-corrected chi connectivity index (χ4v) is 12.4. The van der Waals surface area contributed by atoms with E-state index in [-0.39, 0.29) is 5.41 Å². The van der Waals surface area contributed by atoms with Crippen LogP contribution in [0.1, 0.15) is 87.3 Å². The first-order valence-corrected chi connectivity index (χ1v) is 20.3. The molecule has 0 saturated heterocycles. The minimum absolute atomic E-state index is 0.0335. The summed E-state index contributed by atoms with van der Waals surface area (Å²) in [6.07, 6.45) is 46.1. The molecule has 2 saturated carbocycles. The van der Waals surface area contributed by atoms with Crippen LogP contribution in [-0.4, -0.2) is 17.0 Å². The van der Waals surface area contributed by atoms with Crippen molar-refractivity contribution in [3.8, 4) is 0 Å². The molecule has 0 N–H and O–H groups in total. The van der Waals surface area contributed by atoms with Crippen LogP contribution in [0.5, 0.6) is 0 Å². The van der Waals surface area contributed by atoms with E-state index >= 15 is 0 Å². The van der Waals surface area contributed by atoms with Crippen LogP contribution in [0.25, 0.3) is 5.57 Å². The largest absolute Gasteiger partial charge is 0.365 e. The second kappa shape index (κ2) is 12.8. The Morgan fingerprint density at radius 3 is 2.16 bits per heavy atom. The van der Waals surface area contributed by atoms with Gasteiger partial charge in [0.2, 0.25) is 0 Å². The fraction of sp³-hybridized carbons (Fsp3) is 0.400. The maximum atomic E-state index is 3.02. The summed E-state index contributed by atoms with van der Waals surface area (Å²) in [4.78, 5) is 3.02. The molecule has 1 heteroatoms. The van der Waals surface area contributed by atoms with Gasteiger partial charge in [-0.15, -0.1) is 0 Å². The second-order valence-electron chi connectivity index (χ2n) is 16.9. The molecular formula is C50H53N. The maximum absolute atomic E-state index is 3.02. The predicted molar refractivity (Wildman–Crippen MR) is 213 cm³/mol. The van der Waals surface area contributed by atoms with Crippen molar-refractivity contribution in [3.05, 3.63) is 173 Å². The Kier molecular flexibility index (Phi) is 7.96. The van der Waals surface area contributed by atoms with E-state index in [0.717, 1.165) is 18.8 Å². The molecule has 51 heavy (non-hydrogen) atoms. The molecule has 1 nitrogen and oxygen atoms in total. The summed E-state index contributed by atoms with van der Waals surface area (Å²) < 4.78 is 0. The summed E-state index contributed by atoms with van der Waals surface area (Å²) in [5.74, 6) is 3.90. The van der Waals surface area contributed by atoms with Crippen molar-refractivity contribution < 1.29 is 0 Å². The van der Waals surface area contributed by atoms with Gasteiger partial charge >= 0.3 is 0 Å². The van der Waals surface area contributed by atoms with E-state index in [9.17, 15) is 0 Å². The summed E-state index contributed by atoms with van der Waals surface area (Å²) in [5.41, 5.74) is 11.0. The average Bonchev–Trinajstić information content (AvgIpc) is 3.67. The molecule has 0 aromatic heterocycles. The van der Waals surface area contributed by atoms with Crippen molar-refractivity contribution in [3.63, 3.8) is 0 Å². The molecule has 10 rings (SSSR count). The van der Waals surface area contributed by atoms with Crippen molar-refractivity contribution in [2.75, 3.05) is 0 Å². The fourth-order valence-electron chi connectivity index (χ4n) is 12.4. The molecule has 258 valence electrons. The number of allylic oxidation sites excluding steroid dienone is 16. The van der Waals surface area contributed by atoms with Crippen molar-refractivity contribution in [1.82, 2.24) is 4.90 Å². The van der Waals surface area contributed by atoms with E-state index in [4.69, 9.17) is 0 Å². The lowest BCUT2D eigenvalue weighted by molar-refractivity contribution is 0.132. The summed E-state index contributed by atoms with van der Waals surface area (Å²) in [7, 11) is 0. The molecule has 7 atom stereocenters. The number of benzene rings is 2. The Morgan fingerprint density at radius 2 is 1.43 bits per heavy atom. The topological polar surface area (TPSA) is 3.24 Å². The van der Waals surface area contributed by atoms with Gasteiger partial charge in [0.25, 0.3) is 0 Å². The molecule has 0 amide bonds. The van der Waals surface area contributed by atoms with Gasteiger partial charge in [-0.3, -0.25) is 0 Å². The molecule has 2 aromatic carbocycles. The molecule has 0 bridgehead atoms. The Morgan fingerprint density at radius 1 is 0.706 bits per heavy atom. The highest BCUT2D eigenvalue weighted by Crippen LogP contribution is 2.69. The maximum Gasteiger partial charge on any atom is 0.0514 e. The van der Waals surface area contributed by atoms with Gasteiger partial charge in [-0.05, 0) is 127 Å². The third kappa shape index (κ3) is 5.01. The molecule has 1 spiro atoms. The van der Waals surface area contributed by atoms with Gasteiger partial charge in [-0.1, -0.05) is 152 Å². The second-order valence-corrected chi connectivity index (χ2v) is 16.9. The molecule has 7 unspecified atom stereocenters. The minimum atomic E-state index is -0.0335. The van der Waals surface area contributed by atoms with Gasteiger partial charge < -0.3 is 4.90 Å². The smallest absolute Gasteiger partial charge is 0.0514 e. The first kappa shape index (κ1) is 31.6. The molecule has 0 radical (unpaired) electrons. The number of hydrogen-bond donors (Lipinski definition) is 0. The third-order valence-electron chi connectivity index (χ3n) is 14.5. The zero-order valence-corrected chi connectivity index (χ0v) is 30.3. The molecule has 2 aromatic rings. The average molecular weight is 668 g/mol. The van der Waals surface area contributed by atoms with E-state index in [0.29, 0.717) is 47.6 Å². The Hall–Kier alpha value is -4.10. The van der Waals surface area contributed by atoms with E-state index in [1.54, 1.807) is 22.4 Å². The van der Waals surface area contributed by atoms with Gasteiger partial charge in [-0.2, -0.15) is 0 Å². The zero-order chi connectivity index (χ0) is 33.9. The van der Waals surface area contributed by atoms with Gasteiger partial charge in [0.05, 0.1) is 6.04 Å². The van der Waals surface area contributed by atoms with Gasteiger partial charge in [0.1, 0.15) is 0 Å². The Balaban J connectivity index is 1.06. The highest BCUT2D eigenvalue weighted by molar-refractivity contribution is 5.92. The zero-order valence-electron chi connectivity index (χ0n) is 30.3. The monoisotopic (exact) mass is 667 g/mol. The Labute approximate surface area is 306 Å². The van der Waals surface area contributed by atoms with Gasteiger partial charge in [0.15, 0.2) is 0 Å². The normalized spacial score (nSPS) is 37.2. The van der Waals surface area contributed by atoms with Crippen molar-refractivity contribution in [2.24, 2.45) is 35.5 Å². The lowest BCUT2D eigenvalue weighted by Gasteiger charge is -2.48. The first-order valence-electron chi connectivity index (χ1n) is 20.3. The summed E-state index contributed by atoms with van der Waals surface area (Å²) >= 11 is 0. The molecule has 8 aliphatic carbocycles. The van der Waals surface area contributed by atoms with Crippen molar-refractivity contribution in [1.29, 1.82) is 0 Å². The van der Waals surface area contributed by atoms with Crippen molar-refractivity contribution in [2.45, 2.75) is 88.1 Å². The van der Waals surface area contributed by atoms with Gasteiger partial charge in [-0.25, -0.2) is 0 Å². The van der Waals surface area contributed by atoms with Crippen LogP contribution in [0, 0.1) is 35.5 Å². The third-order valence-corrected chi connectivity index (χ3v) is 14.5. The lowest BCUT2D eigenvalue weighted by atomic mass is 9.62. The first-order chi connectivity index (χ1) is 25.2. The lowest BCUT2D eigenvalue weighted by Crippen LogP contribution is -2.47. The molecular weight excluding hydrogens is 615 g/mol. The molecule has 8 aliphatic rings. The van der Waals surface area contributed by atoms with Gasteiger partial charge in [0, 0.05) is 17.2 Å². The van der Waals surface area contributed by atoms with Crippen LogP contribution >= 0.6 is 0 Å². The predicted octanol–water partition coefficient (Wildman–Crippen LogP) is 12.0. The molecule has 0 heterocycles. The number of fused-ring (bicyclic) bond motifs is 10. The van der Waals surface area contributed by atoms with Crippen LogP contribution in [0.3, 0.4) is 0 Å². The van der Waals surface area contributed by atoms with Crippen molar-refractivity contribution >= 4 is 5.57 Å². The highest BCUT2D eigenvalue weighted by atomic mass is 15.2. The highest BCUT2D eigenvalue weighted by Gasteiger charge is 2.63. The van der Waals surface area contributed by atoms with Crippen LogP contribution in [0.4, 0.5) is 0 Å². The van der Waals surface area contributed by atoms with E-state index in [1.807, 2.05) is 0 Å². The van der Waals surface area contributed by atoms with Crippen LogP contribution in [0.2, 0.25) is 0 Å².